The third kappa shape index (κ3) is 3.31. The third-order valence-corrected chi connectivity index (χ3v) is 4.49. The fraction of sp³-hybridized carbons (Fsp3) is 0.571. The Morgan fingerprint density at radius 2 is 2.28 bits per heavy atom. The molecule has 1 aliphatic rings. The summed E-state index contributed by atoms with van der Waals surface area (Å²) in [6.07, 6.45) is 4.27. The number of likely N-dealkylation sites (tertiary alicyclic amines) is 1. The highest BCUT2D eigenvalue weighted by Gasteiger charge is 2.24. The van der Waals surface area contributed by atoms with Gasteiger partial charge < -0.3 is 5.11 Å². The second-order valence-electron chi connectivity index (χ2n) is 4.85. The molecule has 0 saturated carbocycles. The minimum Gasteiger partial charge on any atom is -0.396 e. The molecule has 100 valence electrons. The summed E-state index contributed by atoms with van der Waals surface area (Å²) in [5.41, 5.74) is 1.01. The molecule has 18 heavy (non-hydrogen) atoms. The summed E-state index contributed by atoms with van der Waals surface area (Å²) >= 11 is 3.32. The van der Waals surface area contributed by atoms with Crippen LogP contribution in [-0.2, 0) is 6.54 Å². The van der Waals surface area contributed by atoms with Gasteiger partial charge in [0.05, 0.1) is 4.47 Å². The van der Waals surface area contributed by atoms with Gasteiger partial charge in [0.2, 0.25) is 0 Å². The van der Waals surface area contributed by atoms with Gasteiger partial charge in [0, 0.05) is 19.2 Å². The van der Waals surface area contributed by atoms with E-state index in [9.17, 15) is 4.39 Å². The largest absolute Gasteiger partial charge is 0.396 e. The summed E-state index contributed by atoms with van der Waals surface area (Å²) in [6, 6.07) is 5.73. The zero-order chi connectivity index (χ0) is 13.0. The van der Waals surface area contributed by atoms with E-state index >= 15 is 0 Å². The molecule has 2 rings (SSSR count). The van der Waals surface area contributed by atoms with Crippen LogP contribution >= 0.6 is 15.9 Å². The molecule has 0 amide bonds. The topological polar surface area (TPSA) is 23.5 Å². The van der Waals surface area contributed by atoms with Gasteiger partial charge in [-0.15, -0.1) is 0 Å². The number of rotatable bonds is 5. The molecule has 1 saturated heterocycles. The first-order chi connectivity index (χ1) is 8.72. The van der Waals surface area contributed by atoms with Crippen molar-refractivity contribution in [3.8, 4) is 0 Å². The highest BCUT2D eigenvalue weighted by atomic mass is 79.9. The molecule has 2 nitrogen and oxygen atoms in total. The lowest BCUT2D eigenvalue weighted by molar-refractivity contribution is 0.209. The molecule has 0 aromatic heterocycles. The second kappa shape index (κ2) is 6.64. The zero-order valence-electron chi connectivity index (χ0n) is 10.4. The van der Waals surface area contributed by atoms with Crippen molar-refractivity contribution in [3.05, 3.63) is 34.1 Å². The summed E-state index contributed by atoms with van der Waals surface area (Å²) in [4.78, 5) is 2.40. The van der Waals surface area contributed by atoms with Gasteiger partial charge in [0.15, 0.2) is 0 Å². The van der Waals surface area contributed by atoms with E-state index in [2.05, 4.69) is 20.8 Å². The average Bonchev–Trinajstić information content (AvgIpc) is 2.80. The van der Waals surface area contributed by atoms with Gasteiger partial charge in [0.25, 0.3) is 0 Å². The van der Waals surface area contributed by atoms with Gasteiger partial charge >= 0.3 is 0 Å². The van der Waals surface area contributed by atoms with Gasteiger partial charge in [-0.1, -0.05) is 12.1 Å². The third-order valence-electron chi connectivity index (χ3n) is 3.60. The van der Waals surface area contributed by atoms with Crippen LogP contribution in [0.2, 0.25) is 0 Å². The maximum absolute atomic E-state index is 13.5. The lowest BCUT2D eigenvalue weighted by atomic mass is 10.1. The number of benzene rings is 1. The first-order valence-corrected chi connectivity index (χ1v) is 7.29. The van der Waals surface area contributed by atoms with Crippen molar-refractivity contribution in [2.24, 2.45) is 0 Å². The van der Waals surface area contributed by atoms with Crippen molar-refractivity contribution in [1.82, 2.24) is 4.90 Å². The molecule has 1 heterocycles. The minimum atomic E-state index is -0.196. The number of nitrogens with zero attached hydrogens (tertiary/aromatic N) is 1. The first-order valence-electron chi connectivity index (χ1n) is 6.50. The van der Waals surface area contributed by atoms with E-state index in [1.165, 1.54) is 18.9 Å². The maximum atomic E-state index is 13.5. The number of halogens is 2. The van der Waals surface area contributed by atoms with Crippen LogP contribution in [0.4, 0.5) is 4.39 Å². The Hall–Kier alpha value is -0.450. The fourth-order valence-electron chi connectivity index (χ4n) is 2.65. The molecule has 1 aromatic carbocycles. The average molecular weight is 316 g/mol. The Balaban J connectivity index is 2.01. The number of hydrogen-bond acceptors (Lipinski definition) is 2. The first kappa shape index (κ1) is 14.0. The highest BCUT2D eigenvalue weighted by molar-refractivity contribution is 9.10. The van der Waals surface area contributed by atoms with Crippen molar-refractivity contribution in [2.75, 3.05) is 13.2 Å². The monoisotopic (exact) mass is 315 g/mol. The van der Waals surface area contributed by atoms with Gasteiger partial charge in [-0.3, -0.25) is 4.90 Å². The van der Waals surface area contributed by atoms with E-state index in [1.54, 1.807) is 6.07 Å². The van der Waals surface area contributed by atoms with E-state index in [1.807, 2.05) is 6.07 Å². The normalized spacial score (nSPS) is 20.5. The zero-order valence-corrected chi connectivity index (χ0v) is 12.0. The summed E-state index contributed by atoms with van der Waals surface area (Å²) < 4.78 is 14.0. The Kier molecular flexibility index (Phi) is 5.15. The van der Waals surface area contributed by atoms with Gasteiger partial charge in [0.1, 0.15) is 5.82 Å². The van der Waals surface area contributed by atoms with E-state index < -0.39 is 0 Å². The quantitative estimate of drug-likeness (QED) is 0.901. The molecule has 1 aliphatic heterocycles. The second-order valence-corrected chi connectivity index (χ2v) is 5.64. The van der Waals surface area contributed by atoms with Crippen LogP contribution in [0.3, 0.4) is 0 Å². The van der Waals surface area contributed by atoms with Crippen LogP contribution in [0, 0.1) is 5.82 Å². The molecule has 0 spiro atoms. The van der Waals surface area contributed by atoms with Crippen molar-refractivity contribution >= 4 is 15.9 Å². The summed E-state index contributed by atoms with van der Waals surface area (Å²) in [5.74, 6) is -0.196. The SMILES string of the molecule is OCCCC1CCCN1Cc1cccc(F)c1Br. The Bertz CT molecular complexity index is 399. The number of hydrogen-bond donors (Lipinski definition) is 1. The molecule has 0 bridgehead atoms. The Labute approximate surface area is 116 Å². The van der Waals surface area contributed by atoms with Crippen LogP contribution in [0.15, 0.2) is 22.7 Å². The standard InChI is InChI=1S/C14H19BrFNO/c15-14-11(4-1-7-13(14)16)10-17-8-2-5-12(17)6-3-9-18/h1,4,7,12,18H,2-3,5-6,8-10H2. The summed E-state index contributed by atoms with van der Waals surface area (Å²) in [5, 5.41) is 8.91. The molecule has 1 aromatic rings. The van der Waals surface area contributed by atoms with Crippen LogP contribution < -0.4 is 0 Å². The van der Waals surface area contributed by atoms with Crippen molar-refractivity contribution < 1.29 is 9.50 Å². The number of aliphatic hydroxyl groups excluding tert-OH is 1. The molecule has 4 heteroatoms. The molecular weight excluding hydrogens is 297 g/mol. The van der Waals surface area contributed by atoms with Gasteiger partial charge in [-0.05, 0) is 59.8 Å². The Morgan fingerprint density at radius 1 is 1.44 bits per heavy atom. The Morgan fingerprint density at radius 3 is 3.06 bits per heavy atom. The van der Waals surface area contributed by atoms with E-state index in [-0.39, 0.29) is 12.4 Å². The molecular formula is C14H19BrFNO. The van der Waals surface area contributed by atoms with Crippen LogP contribution in [0.5, 0.6) is 0 Å². The number of aliphatic hydroxyl groups is 1. The molecule has 0 radical (unpaired) electrons. The highest BCUT2D eigenvalue weighted by Crippen LogP contribution is 2.27. The van der Waals surface area contributed by atoms with E-state index in [0.717, 1.165) is 31.5 Å². The fourth-order valence-corrected chi connectivity index (χ4v) is 3.04. The summed E-state index contributed by atoms with van der Waals surface area (Å²) in [7, 11) is 0. The van der Waals surface area contributed by atoms with E-state index in [4.69, 9.17) is 5.11 Å². The van der Waals surface area contributed by atoms with Gasteiger partial charge in [-0.25, -0.2) is 4.39 Å². The lowest BCUT2D eigenvalue weighted by Gasteiger charge is -2.24. The van der Waals surface area contributed by atoms with Crippen LogP contribution in [0.1, 0.15) is 31.2 Å². The smallest absolute Gasteiger partial charge is 0.137 e. The van der Waals surface area contributed by atoms with Crippen molar-refractivity contribution in [3.63, 3.8) is 0 Å². The van der Waals surface area contributed by atoms with Crippen LogP contribution in [-0.4, -0.2) is 29.2 Å². The molecule has 1 unspecified atom stereocenters. The molecule has 1 fully saturated rings. The van der Waals surface area contributed by atoms with Gasteiger partial charge in [-0.2, -0.15) is 0 Å². The minimum absolute atomic E-state index is 0.196. The van der Waals surface area contributed by atoms with Crippen LogP contribution in [0.25, 0.3) is 0 Å². The molecule has 1 N–H and O–H groups in total. The predicted molar refractivity (Wildman–Crippen MR) is 73.9 cm³/mol. The lowest BCUT2D eigenvalue weighted by Crippen LogP contribution is -2.29. The van der Waals surface area contributed by atoms with Crippen molar-refractivity contribution in [1.29, 1.82) is 0 Å². The van der Waals surface area contributed by atoms with Crippen molar-refractivity contribution in [2.45, 2.75) is 38.3 Å². The van der Waals surface area contributed by atoms with E-state index in [0.29, 0.717) is 10.5 Å². The molecule has 1 atom stereocenters. The molecule has 0 aliphatic carbocycles. The summed E-state index contributed by atoms with van der Waals surface area (Å²) in [6.45, 7) is 2.11. The predicted octanol–water partition coefficient (Wildman–Crippen LogP) is 3.33. The maximum Gasteiger partial charge on any atom is 0.137 e.